The van der Waals surface area contributed by atoms with Crippen LogP contribution >= 0.6 is 0 Å². The number of carboxylic acid groups (broad SMARTS) is 2. The maximum Gasteiger partial charge on any atom is 0.414 e. The third kappa shape index (κ3) is 13.8. The van der Waals surface area contributed by atoms with Gasteiger partial charge >= 0.3 is 23.9 Å². The second-order valence-electron chi connectivity index (χ2n) is 10.0. The van der Waals surface area contributed by atoms with Gasteiger partial charge in [-0.2, -0.15) is 0 Å². The third-order valence-corrected chi connectivity index (χ3v) is 6.57. The number of hydrogen-bond donors (Lipinski definition) is 2. The molecule has 0 unspecified atom stereocenters. The topological polar surface area (TPSA) is 158 Å². The van der Waals surface area contributed by atoms with Gasteiger partial charge in [-0.3, -0.25) is 0 Å². The van der Waals surface area contributed by atoms with E-state index in [9.17, 15) is 9.59 Å². The third-order valence-electron chi connectivity index (χ3n) is 6.57. The van der Waals surface area contributed by atoms with E-state index >= 15 is 0 Å². The van der Waals surface area contributed by atoms with Crippen LogP contribution in [0.5, 0.6) is 17.2 Å². The normalized spacial score (nSPS) is 10.4. The maximum atomic E-state index is 12.6. The molecular weight excluding hydrogens is 622 g/mol. The average Bonchev–Trinajstić information content (AvgIpc) is 3.10. The van der Waals surface area contributed by atoms with Crippen LogP contribution in [0, 0.1) is 0 Å². The molecule has 3 rings (SSSR count). The molecule has 2 N–H and O–H groups in total. The van der Waals surface area contributed by atoms with Crippen LogP contribution in [0.15, 0.2) is 84.9 Å². The van der Waals surface area contributed by atoms with Gasteiger partial charge in [0.2, 0.25) is 5.75 Å². The lowest BCUT2D eigenvalue weighted by molar-refractivity contribution is -0.159. The molecule has 12 heteroatoms. The molecule has 0 bridgehead atoms. The van der Waals surface area contributed by atoms with Gasteiger partial charge in [-0.15, -0.1) is 0 Å². The SMILES string of the molecule is COc1cc(/C=C/C(=O)OCCCN(C)CCCOC(=O)C=C(c2ccccc2)c2ccccc2)cc(OC)c1OC.O=C(O)C(=O)O. The number of hydrogen-bond acceptors (Lipinski definition) is 10. The first kappa shape index (κ1) is 38.6. The summed E-state index contributed by atoms with van der Waals surface area (Å²) in [6.45, 7) is 2.10. The zero-order valence-electron chi connectivity index (χ0n) is 27.4. The van der Waals surface area contributed by atoms with Crippen LogP contribution in [-0.2, 0) is 28.7 Å². The smallest absolute Gasteiger partial charge is 0.414 e. The van der Waals surface area contributed by atoms with E-state index in [1.807, 2.05) is 67.7 Å². The lowest BCUT2D eigenvalue weighted by atomic mass is 9.98. The quantitative estimate of drug-likeness (QED) is 0.0934. The molecule has 0 aliphatic carbocycles. The van der Waals surface area contributed by atoms with Crippen molar-refractivity contribution in [3.63, 3.8) is 0 Å². The first-order valence-corrected chi connectivity index (χ1v) is 14.9. The van der Waals surface area contributed by atoms with Crippen LogP contribution in [-0.4, -0.2) is 93.7 Å². The van der Waals surface area contributed by atoms with Crippen LogP contribution < -0.4 is 14.2 Å². The van der Waals surface area contributed by atoms with Crippen molar-refractivity contribution in [1.29, 1.82) is 0 Å². The summed E-state index contributed by atoms with van der Waals surface area (Å²) in [4.78, 5) is 45.0. The van der Waals surface area contributed by atoms with Crippen LogP contribution in [0.2, 0.25) is 0 Å². The van der Waals surface area contributed by atoms with Gasteiger partial charge in [0.25, 0.3) is 0 Å². The van der Waals surface area contributed by atoms with E-state index in [1.54, 1.807) is 24.3 Å². The van der Waals surface area contributed by atoms with Crippen molar-refractivity contribution in [2.24, 2.45) is 0 Å². The van der Waals surface area contributed by atoms with E-state index in [0.29, 0.717) is 48.9 Å². The lowest BCUT2D eigenvalue weighted by Gasteiger charge is -2.16. The molecular formula is C36H41NO11. The summed E-state index contributed by atoms with van der Waals surface area (Å²) in [5.41, 5.74) is 3.45. The minimum absolute atomic E-state index is 0.296. The number of carbonyl (C=O) groups excluding carboxylic acids is 2. The number of benzene rings is 3. The van der Waals surface area contributed by atoms with Crippen molar-refractivity contribution >= 4 is 35.5 Å². The van der Waals surface area contributed by atoms with E-state index in [1.165, 1.54) is 27.4 Å². The Balaban J connectivity index is 0.00000122. The van der Waals surface area contributed by atoms with Gasteiger partial charge in [-0.1, -0.05) is 60.7 Å². The van der Waals surface area contributed by atoms with E-state index in [0.717, 1.165) is 29.8 Å². The fourth-order valence-electron chi connectivity index (χ4n) is 4.26. The zero-order chi connectivity index (χ0) is 35.3. The molecule has 256 valence electrons. The number of esters is 2. The number of carboxylic acids is 2. The highest BCUT2D eigenvalue weighted by molar-refractivity contribution is 6.27. The van der Waals surface area contributed by atoms with Crippen molar-refractivity contribution in [2.75, 3.05) is 54.7 Å². The highest BCUT2D eigenvalue weighted by Gasteiger charge is 2.13. The molecule has 0 aliphatic heterocycles. The molecule has 0 heterocycles. The monoisotopic (exact) mass is 663 g/mol. The molecule has 0 amide bonds. The summed E-state index contributed by atoms with van der Waals surface area (Å²) in [5.74, 6) is -2.96. The van der Waals surface area contributed by atoms with Crippen LogP contribution in [0.3, 0.4) is 0 Å². The Morgan fingerprint density at radius 3 is 1.56 bits per heavy atom. The minimum Gasteiger partial charge on any atom is -0.493 e. The minimum atomic E-state index is -1.82. The Labute approximate surface area is 279 Å². The standard InChI is InChI=1S/C34H39NO7.C2H2O4/c1-35(19-11-21-41-32(36)18-17-26-23-30(38-2)34(40-4)31(24-26)39-3)20-12-22-42-33(37)25-29(27-13-7-5-8-14-27)28-15-9-6-10-16-28;3-1(4)2(5)6/h5-10,13-18,23-25H,11-12,19-22H2,1-4H3;(H,3,4)(H,5,6)/b18-17+;. The molecule has 0 atom stereocenters. The Kier molecular flexibility index (Phi) is 17.1. The van der Waals surface area contributed by atoms with Gasteiger partial charge < -0.3 is 38.8 Å². The molecule has 3 aromatic rings. The molecule has 0 aromatic heterocycles. The number of methoxy groups -OCH3 is 3. The summed E-state index contributed by atoms with van der Waals surface area (Å²) in [6, 6.07) is 23.1. The second kappa shape index (κ2) is 21.2. The maximum absolute atomic E-state index is 12.6. The predicted molar refractivity (Wildman–Crippen MR) is 179 cm³/mol. The van der Waals surface area contributed by atoms with Crippen LogP contribution in [0.4, 0.5) is 0 Å². The molecule has 0 radical (unpaired) electrons. The van der Waals surface area contributed by atoms with Crippen LogP contribution in [0.1, 0.15) is 29.5 Å². The lowest BCUT2D eigenvalue weighted by Crippen LogP contribution is -2.23. The second-order valence-corrected chi connectivity index (χ2v) is 10.0. The summed E-state index contributed by atoms with van der Waals surface area (Å²) < 4.78 is 26.8. The van der Waals surface area contributed by atoms with Crippen molar-refractivity contribution in [1.82, 2.24) is 4.90 Å². The average molecular weight is 664 g/mol. The molecule has 0 spiro atoms. The van der Waals surface area contributed by atoms with Gasteiger partial charge in [0.1, 0.15) is 0 Å². The highest BCUT2D eigenvalue weighted by atomic mass is 16.5. The van der Waals surface area contributed by atoms with Gasteiger partial charge in [0.15, 0.2) is 11.5 Å². The molecule has 0 fully saturated rings. The molecule has 0 saturated carbocycles. The van der Waals surface area contributed by atoms with E-state index in [-0.39, 0.29) is 5.97 Å². The number of ether oxygens (including phenoxy) is 5. The number of nitrogens with zero attached hydrogens (tertiary/aromatic N) is 1. The van der Waals surface area contributed by atoms with Crippen molar-refractivity contribution in [3.05, 3.63) is 102 Å². The fourth-order valence-corrected chi connectivity index (χ4v) is 4.26. The van der Waals surface area contributed by atoms with Gasteiger partial charge in [0.05, 0.1) is 34.5 Å². The van der Waals surface area contributed by atoms with E-state index in [4.69, 9.17) is 43.5 Å². The Morgan fingerprint density at radius 2 is 1.15 bits per heavy atom. The van der Waals surface area contributed by atoms with Gasteiger partial charge in [-0.25, -0.2) is 19.2 Å². The van der Waals surface area contributed by atoms with E-state index in [2.05, 4.69) is 4.90 Å². The van der Waals surface area contributed by atoms with Crippen molar-refractivity contribution < 1.29 is 53.1 Å². The van der Waals surface area contributed by atoms with Crippen LogP contribution in [0.25, 0.3) is 11.6 Å². The molecule has 0 aliphatic rings. The Hall–Kier alpha value is -5.62. The molecule has 48 heavy (non-hydrogen) atoms. The summed E-state index contributed by atoms with van der Waals surface area (Å²) in [7, 11) is 6.59. The Bertz CT molecular complexity index is 1460. The molecule has 12 nitrogen and oxygen atoms in total. The number of aliphatic carboxylic acids is 2. The summed E-state index contributed by atoms with van der Waals surface area (Å²) in [5, 5.41) is 14.8. The first-order valence-electron chi connectivity index (χ1n) is 14.9. The summed E-state index contributed by atoms with van der Waals surface area (Å²) in [6.07, 6.45) is 5.94. The summed E-state index contributed by atoms with van der Waals surface area (Å²) >= 11 is 0. The van der Waals surface area contributed by atoms with Gasteiger partial charge in [0, 0.05) is 25.2 Å². The Morgan fingerprint density at radius 1 is 0.688 bits per heavy atom. The van der Waals surface area contributed by atoms with Gasteiger partial charge in [-0.05, 0) is 60.4 Å². The zero-order valence-corrected chi connectivity index (χ0v) is 27.4. The first-order chi connectivity index (χ1) is 23.1. The van der Waals surface area contributed by atoms with E-state index < -0.39 is 17.9 Å². The number of carbonyl (C=O) groups is 4. The predicted octanol–water partition coefficient (Wildman–Crippen LogP) is 4.81. The number of rotatable bonds is 16. The molecule has 0 saturated heterocycles. The van der Waals surface area contributed by atoms with Crippen molar-refractivity contribution in [3.8, 4) is 17.2 Å². The molecule has 3 aromatic carbocycles. The largest absolute Gasteiger partial charge is 0.493 e. The fraction of sp³-hybridized carbons (Fsp3) is 0.278. The van der Waals surface area contributed by atoms with Crippen molar-refractivity contribution in [2.45, 2.75) is 12.8 Å². The highest BCUT2D eigenvalue weighted by Crippen LogP contribution is 2.38.